The van der Waals surface area contributed by atoms with E-state index in [4.69, 9.17) is 4.74 Å². The van der Waals surface area contributed by atoms with Crippen molar-refractivity contribution in [2.45, 2.75) is 44.8 Å². The second kappa shape index (κ2) is 6.86. The van der Waals surface area contributed by atoms with Crippen molar-refractivity contribution < 1.29 is 9.53 Å². The summed E-state index contributed by atoms with van der Waals surface area (Å²) in [6, 6.07) is 0.398. The van der Waals surface area contributed by atoms with Crippen LogP contribution in [0.25, 0.3) is 0 Å². The molecule has 1 fully saturated rings. The molecular weight excluding hydrogens is 204 g/mol. The number of rotatable bonds is 6. The van der Waals surface area contributed by atoms with E-state index >= 15 is 0 Å². The van der Waals surface area contributed by atoms with Crippen LogP contribution < -0.4 is 5.32 Å². The van der Waals surface area contributed by atoms with E-state index in [1.165, 1.54) is 0 Å². The monoisotopic (exact) mass is 228 g/mol. The van der Waals surface area contributed by atoms with Gasteiger partial charge in [-0.3, -0.25) is 4.79 Å². The molecule has 4 nitrogen and oxygen atoms in total. The Morgan fingerprint density at radius 3 is 3.00 bits per heavy atom. The SMILES string of the molecule is CNCC1CCCN1C(=O)CCC(C)OC. The van der Waals surface area contributed by atoms with Gasteiger partial charge in [0, 0.05) is 32.7 Å². The van der Waals surface area contributed by atoms with E-state index < -0.39 is 0 Å². The number of ether oxygens (including phenoxy) is 1. The van der Waals surface area contributed by atoms with Gasteiger partial charge in [0.25, 0.3) is 0 Å². The molecule has 1 heterocycles. The molecule has 1 aliphatic rings. The molecule has 1 rings (SSSR count). The second-order valence-electron chi connectivity index (χ2n) is 4.53. The molecule has 1 N–H and O–H groups in total. The molecule has 1 aliphatic heterocycles. The van der Waals surface area contributed by atoms with Crippen LogP contribution in [0, 0.1) is 0 Å². The van der Waals surface area contributed by atoms with E-state index in [9.17, 15) is 4.79 Å². The summed E-state index contributed by atoms with van der Waals surface area (Å²) in [5, 5.41) is 3.15. The Balaban J connectivity index is 2.34. The highest BCUT2D eigenvalue weighted by Gasteiger charge is 2.27. The van der Waals surface area contributed by atoms with Crippen molar-refractivity contribution in [1.82, 2.24) is 10.2 Å². The van der Waals surface area contributed by atoms with Gasteiger partial charge in [-0.15, -0.1) is 0 Å². The van der Waals surface area contributed by atoms with Crippen LogP contribution in [0.1, 0.15) is 32.6 Å². The first-order valence-corrected chi connectivity index (χ1v) is 6.16. The summed E-state index contributed by atoms with van der Waals surface area (Å²) in [5.41, 5.74) is 0. The lowest BCUT2D eigenvalue weighted by molar-refractivity contribution is -0.132. The van der Waals surface area contributed by atoms with E-state index in [0.717, 1.165) is 32.4 Å². The maximum Gasteiger partial charge on any atom is 0.222 e. The molecule has 16 heavy (non-hydrogen) atoms. The molecule has 4 heteroatoms. The summed E-state index contributed by atoms with van der Waals surface area (Å²) in [4.78, 5) is 14.0. The maximum absolute atomic E-state index is 12.0. The first-order chi connectivity index (χ1) is 7.69. The van der Waals surface area contributed by atoms with Crippen LogP contribution >= 0.6 is 0 Å². The molecule has 0 radical (unpaired) electrons. The fraction of sp³-hybridized carbons (Fsp3) is 0.917. The fourth-order valence-corrected chi connectivity index (χ4v) is 2.20. The average molecular weight is 228 g/mol. The average Bonchev–Trinajstić information content (AvgIpc) is 2.74. The zero-order valence-corrected chi connectivity index (χ0v) is 10.7. The largest absolute Gasteiger partial charge is 0.382 e. The lowest BCUT2D eigenvalue weighted by Crippen LogP contribution is -2.40. The minimum Gasteiger partial charge on any atom is -0.382 e. The zero-order chi connectivity index (χ0) is 12.0. The van der Waals surface area contributed by atoms with Crippen LogP contribution in [0.5, 0.6) is 0 Å². The lowest BCUT2D eigenvalue weighted by atomic mass is 10.2. The van der Waals surface area contributed by atoms with E-state index in [-0.39, 0.29) is 12.0 Å². The summed E-state index contributed by atoms with van der Waals surface area (Å²) >= 11 is 0. The third kappa shape index (κ3) is 3.76. The van der Waals surface area contributed by atoms with Gasteiger partial charge in [0.2, 0.25) is 5.91 Å². The standard InChI is InChI=1S/C12H24N2O2/c1-10(16-3)6-7-12(15)14-8-4-5-11(14)9-13-2/h10-11,13H,4-9H2,1-3H3. The van der Waals surface area contributed by atoms with Crippen LogP contribution in [0.3, 0.4) is 0 Å². The fourth-order valence-electron chi connectivity index (χ4n) is 2.20. The van der Waals surface area contributed by atoms with Crippen LogP contribution in [0.4, 0.5) is 0 Å². The molecule has 2 unspecified atom stereocenters. The Bertz CT molecular complexity index is 221. The van der Waals surface area contributed by atoms with Gasteiger partial charge in [-0.25, -0.2) is 0 Å². The van der Waals surface area contributed by atoms with Gasteiger partial charge in [-0.05, 0) is 33.2 Å². The number of hydrogen-bond acceptors (Lipinski definition) is 3. The minimum atomic E-state index is 0.175. The van der Waals surface area contributed by atoms with Crippen molar-refractivity contribution in [2.75, 3.05) is 27.2 Å². The molecule has 0 aromatic rings. The second-order valence-corrected chi connectivity index (χ2v) is 4.53. The van der Waals surface area contributed by atoms with Crippen LogP contribution in [0.15, 0.2) is 0 Å². The minimum absolute atomic E-state index is 0.175. The summed E-state index contributed by atoms with van der Waals surface area (Å²) in [6.07, 6.45) is 3.87. The molecule has 94 valence electrons. The van der Waals surface area contributed by atoms with Gasteiger partial charge in [0.1, 0.15) is 0 Å². The molecule has 0 aliphatic carbocycles. The highest BCUT2D eigenvalue weighted by atomic mass is 16.5. The Morgan fingerprint density at radius 1 is 1.62 bits per heavy atom. The molecule has 2 atom stereocenters. The zero-order valence-electron chi connectivity index (χ0n) is 10.7. The Morgan fingerprint density at radius 2 is 2.38 bits per heavy atom. The van der Waals surface area contributed by atoms with Crippen molar-refractivity contribution in [3.8, 4) is 0 Å². The number of likely N-dealkylation sites (tertiary alicyclic amines) is 1. The van der Waals surface area contributed by atoms with Crippen molar-refractivity contribution >= 4 is 5.91 Å². The summed E-state index contributed by atoms with van der Waals surface area (Å²) in [7, 11) is 3.63. The number of carbonyl (C=O) groups excluding carboxylic acids is 1. The topological polar surface area (TPSA) is 41.6 Å². The van der Waals surface area contributed by atoms with Crippen molar-refractivity contribution in [1.29, 1.82) is 0 Å². The first-order valence-electron chi connectivity index (χ1n) is 6.16. The highest BCUT2D eigenvalue weighted by Crippen LogP contribution is 2.18. The first kappa shape index (κ1) is 13.5. The Kier molecular flexibility index (Phi) is 5.77. The highest BCUT2D eigenvalue weighted by molar-refractivity contribution is 5.76. The lowest BCUT2D eigenvalue weighted by Gasteiger charge is -2.25. The number of carbonyl (C=O) groups is 1. The summed E-state index contributed by atoms with van der Waals surface area (Å²) in [6.45, 7) is 3.83. The maximum atomic E-state index is 12.0. The van der Waals surface area contributed by atoms with Gasteiger partial charge in [-0.2, -0.15) is 0 Å². The molecular formula is C12H24N2O2. The molecule has 0 aromatic carbocycles. The number of hydrogen-bond donors (Lipinski definition) is 1. The number of nitrogens with one attached hydrogen (secondary N) is 1. The normalized spacial score (nSPS) is 22.4. The van der Waals surface area contributed by atoms with E-state index in [2.05, 4.69) is 5.32 Å². The van der Waals surface area contributed by atoms with Crippen molar-refractivity contribution in [3.63, 3.8) is 0 Å². The Labute approximate surface area is 98.3 Å². The molecule has 0 saturated carbocycles. The predicted octanol–water partition coefficient (Wildman–Crippen LogP) is 1.01. The van der Waals surface area contributed by atoms with Gasteiger partial charge in [-0.1, -0.05) is 0 Å². The Hall–Kier alpha value is -0.610. The molecule has 0 bridgehead atoms. The van der Waals surface area contributed by atoms with Crippen LogP contribution in [-0.2, 0) is 9.53 Å². The number of nitrogens with zero attached hydrogens (tertiary/aromatic N) is 1. The number of methoxy groups -OCH3 is 1. The number of likely N-dealkylation sites (N-methyl/N-ethyl adjacent to an activating group) is 1. The van der Waals surface area contributed by atoms with Gasteiger partial charge in [0.05, 0.1) is 6.10 Å². The molecule has 1 saturated heterocycles. The van der Waals surface area contributed by atoms with E-state index in [1.54, 1.807) is 7.11 Å². The summed E-state index contributed by atoms with van der Waals surface area (Å²) in [5.74, 6) is 0.279. The van der Waals surface area contributed by atoms with Crippen molar-refractivity contribution in [3.05, 3.63) is 0 Å². The predicted molar refractivity (Wildman–Crippen MR) is 64.4 cm³/mol. The van der Waals surface area contributed by atoms with Gasteiger partial charge in [0.15, 0.2) is 0 Å². The van der Waals surface area contributed by atoms with Crippen LogP contribution in [0.2, 0.25) is 0 Å². The third-order valence-electron chi connectivity index (χ3n) is 3.30. The van der Waals surface area contributed by atoms with E-state index in [0.29, 0.717) is 12.5 Å². The van der Waals surface area contributed by atoms with Gasteiger partial charge < -0.3 is 15.0 Å². The molecule has 0 aromatic heterocycles. The van der Waals surface area contributed by atoms with Crippen molar-refractivity contribution in [2.24, 2.45) is 0 Å². The van der Waals surface area contributed by atoms with E-state index in [1.807, 2.05) is 18.9 Å². The molecule has 1 amide bonds. The quantitative estimate of drug-likeness (QED) is 0.738. The number of amides is 1. The summed E-state index contributed by atoms with van der Waals surface area (Å²) < 4.78 is 5.15. The third-order valence-corrected chi connectivity index (χ3v) is 3.30. The molecule has 0 spiro atoms. The smallest absolute Gasteiger partial charge is 0.222 e. The van der Waals surface area contributed by atoms with Crippen LogP contribution in [-0.4, -0.2) is 50.2 Å². The van der Waals surface area contributed by atoms with Gasteiger partial charge >= 0.3 is 0 Å².